The predicted octanol–water partition coefficient (Wildman–Crippen LogP) is 4.65. The number of amides is 1. The zero-order valence-electron chi connectivity index (χ0n) is 20.0. The smallest absolute Gasteiger partial charge is 0.225 e. The van der Waals surface area contributed by atoms with E-state index in [1.54, 1.807) is 24.3 Å². The number of morpholine rings is 1. The third-order valence-electron chi connectivity index (χ3n) is 6.34. The van der Waals surface area contributed by atoms with Gasteiger partial charge in [-0.15, -0.1) is 0 Å². The lowest BCUT2D eigenvalue weighted by molar-refractivity contribution is -0.116. The molecule has 1 aromatic heterocycles. The Morgan fingerprint density at radius 1 is 1.14 bits per heavy atom. The van der Waals surface area contributed by atoms with Gasteiger partial charge in [0.2, 0.25) is 5.91 Å². The van der Waals surface area contributed by atoms with E-state index in [9.17, 15) is 18.0 Å². The molecule has 0 aliphatic carbocycles. The van der Waals surface area contributed by atoms with Crippen LogP contribution in [0.25, 0.3) is 0 Å². The first-order valence-corrected chi connectivity index (χ1v) is 11.9. The van der Waals surface area contributed by atoms with Crippen molar-refractivity contribution in [2.24, 2.45) is 0 Å². The van der Waals surface area contributed by atoms with E-state index >= 15 is 0 Å². The van der Waals surface area contributed by atoms with E-state index < -0.39 is 29.3 Å². The number of anilines is 1. The number of hydrogen-bond donors (Lipinski definition) is 2. The molecule has 4 rings (SSSR count). The Bertz CT molecular complexity index is 1290. The summed E-state index contributed by atoms with van der Waals surface area (Å²) in [4.78, 5) is 17.0. The van der Waals surface area contributed by atoms with Crippen molar-refractivity contribution in [3.63, 3.8) is 0 Å². The van der Waals surface area contributed by atoms with Crippen LogP contribution in [0.5, 0.6) is 0 Å². The summed E-state index contributed by atoms with van der Waals surface area (Å²) in [5.41, 5.74) is 2.01. The molecule has 37 heavy (non-hydrogen) atoms. The Morgan fingerprint density at radius 3 is 2.57 bits per heavy atom. The van der Waals surface area contributed by atoms with Crippen LogP contribution in [-0.2, 0) is 16.0 Å². The summed E-state index contributed by atoms with van der Waals surface area (Å²) >= 11 is 0. The van der Waals surface area contributed by atoms with E-state index in [2.05, 4.69) is 22.5 Å². The Hall–Kier alpha value is -3.74. The molecule has 0 saturated carbocycles. The lowest BCUT2D eigenvalue weighted by Gasteiger charge is -2.28. The highest BCUT2D eigenvalue weighted by Gasteiger charge is 2.23. The Kier molecular flexibility index (Phi) is 8.54. The van der Waals surface area contributed by atoms with Crippen LogP contribution in [0, 0.1) is 35.7 Å². The fourth-order valence-corrected chi connectivity index (χ4v) is 4.32. The number of halogens is 3. The van der Waals surface area contributed by atoms with Gasteiger partial charge in [0.1, 0.15) is 5.82 Å². The van der Waals surface area contributed by atoms with Crippen LogP contribution >= 0.6 is 0 Å². The highest BCUT2D eigenvalue weighted by atomic mass is 19.2. The quantitative estimate of drug-likeness (QED) is 0.463. The van der Waals surface area contributed by atoms with Gasteiger partial charge in [0.25, 0.3) is 0 Å². The van der Waals surface area contributed by atoms with Crippen molar-refractivity contribution in [3.05, 3.63) is 101 Å². The van der Waals surface area contributed by atoms with Crippen LogP contribution in [-0.4, -0.2) is 36.2 Å². The van der Waals surface area contributed by atoms with Crippen molar-refractivity contribution in [2.45, 2.75) is 37.3 Å². The molecule has 1 fully saturated rings. The van der Waals surface area contributed by atoms with Gasteiger partial charge in [0, 0.05) is 30.5 Å². The first kappa shape index (κ1) is 26.3. The van der Waals surface area contributed by atoms with Crippen molar-refractivity contribution < 1.29 is 22.7 Å². The maximum absolute atomic E-state index is 14.7. The summed E-state index contributed by atoms with van der Waals surface area (Å²) in [6.07, 6.45) is 3.09. The van der Waals surface area contributed by atoms with Crippen molar-refractivity contribution in [2.75, 3.05) is 18.5 Å². The summed E-state index contributed by atoms with van der Waals surface area (Å²) in [6.45, 7) is 4.96. The number of carbonyl (C=O) groups excluding carboxylic acids is 1. The van der Waals surface area contributed by atoms with Crippen molar-refractivity contribution >= 4 is 11.6 Å². The monoisotopic (exact) mass is 507 g/mol. The molecule has 1 saturated heterocycles. The van der Waals surface area contributed by atoms with E-state index in [1.165, 1.54) is 12.3 Å². The molecule has 2 aromatic carbocycles. The number of rotatable bonds is 8. The molecule has 0 spiro atoms. The molecule has 9 heteroatoms. The van der Waals surface area contributed by atoms with E-state index in [-0.39, 0.29) is 24.3 Å². The van der Waals surface area contributed by atoms with Gasteiger partial charge in [-0.25, -0.2) is 13.2 Å². The molecule has 1 amide bonds. The Labute approximate surface area is 213 Å². The van der Waals surface area contributed by atoms with Crippen LogP contribution in [0.2, 0.25) is 0 Å². The number of carbonyl (C=O) groups is 1. The largest absolute Gasteiger partial charge is 0.375 e. The van der Waals surface area contributed by atoms with E-state index in [1.807, 2.05) is 6.07 Å². The summed E-state index contributed by atoms with van der Waals surface area (Å²) in [5, 5.41) is 15.0. The number of nitrogens with zero attached hydrogens (tertiary/aromatic N) is 2. The standard InChI is InChI=1S/C28H26F3N4O2/c1-17-16-37-21(13-34-17)7-8-22-26(31)14-33-15-27(22)35-28(36)11-23(19-4-2-18(12-32)3-5-19)20-6-9-24(29)25(30)10-20/h2-6,9-10,14-15,17,21,23,34H,1,7-8,11,13,16H2,(H,35,36)/t17-,21+,23+/m0/s1. The Morgan fingerprint density at radius 2 is 1.89 bits per heavy atom. The maximum Gasteiger partial charge on any atom is 0.225 e. The van der Waals surface area contributed by atoms with Crippen molar-refractivity contribution in [1.29, 1.82) is 5.26 Å². The molecule has 0 unspecified atom stereocenters. The summed E-state index contributed by atoms with van der Waals surface area (Å²) < 4.78 is 48.0. The highest BCUT2D eigenvalue weighted by Crippen LogP contribution is 2.30. The van der Waals surface area contributed by atoms with Crippen LogP contribution in [0.1, 0.15) is 41.0 Å². The van der Waals surface area contributed by atoms with Gasteiger partial charge in [-0.3, -0.25) is 9.78 Å². The second kappa shape index (κ2) is 12.0. The second-order valence-electron chi connectivity index (χ2n) is 8.96. The number of pyridine rings is 1. The number of benzene rings is 2. The van der Waals surface area contributed by atoms with Gasteiger partial charge in [-0.05, 0) is 55.2 Å². The van der Waals surface area contributed by atoms with Crippen LogP contribution in [0.3, 0.4) is 0 Å². The van der Waals surface area contributed by atoms with Crippen LogP contribution < -0.4 is 10.6 Å². The molecule has 2 N–H and O–H groups in total. The molecule has 6 nitrogen and oxygen atoms in total. The molecule has 191 valence electrons. The topological polar surface area (TPSA) is 87.0 Å². The van der Waals surface area contributed by atoms with Gasteiger partial charge in [0.05, 0.1) is 42.4 Å². The van der Waals surface area contributed by atoms with Crippen LogP contribution in [0.4, 0.5) is 18.9 Å². The molecule has 1 aliphatic rings. The zero-order chi connectivity index (χ0) is 26.4. The molecular weight excluding hydrogens is 481 g/mol. The third-order valence-corrected chi connectivity index (χ3v) is 6.34. The van der Waals surface area contributed by atoms with Gasteiger partial charge >= 0.3 is 0 Å². The number of aromatic nitrogens is 1. The summed E-state index contributed by atoms with van der Waals surface area (Å²) in [6, 6.07) is 12.0. The maximum atomic E-state index is 14.7. The molecule has 1 radical (unpaired) electrons. The fraction of sp³-hybridized carbons (Fsp3) is 0.286. The van der Waals surface area contributed by atoms with Gasteiger partial charge < -0.3 is 15.4 Å². The van der Waals surface area contributed by atoms with Crippen molar-refractivity contribution in [3.8, 4) is 6.07 Å². The number of hydrogen-bond acceptors (Lipinski definition) is 5. The number of ether oxygens (including phenoxy) is 1. The number of nitriles is 1. The van der Waals surface area contributed by atoms with E-state index in [0.717, 1.165) is 18.3 Å². The normalized spacial score (nSPS) is 18.1. The molecule has 0 bridgehead atoms. The van der Waals surface area contributed by atoms with Gasteiger partial charge in [0.15, 0.2) is 11.6 Å². The molecule has 3 atom stereocenters. The predicted molar refractivity (Wildman–Crippen MR) is 132 cm³/mol. The zero-order valence-corrected chi connectivity index (χ0v) is 20.0. The third kappa shape index (κ3) is 6.73. The number of nitrogens with one attached hydrogen (secondary N) is 2. The second-order valence-corrected chi connectivity index (χ2v) is 8.96. The van der Waals surface area contributed by atoms with E-state index in [4.69, 9.17) is 10.00 Å². The SMILES string of the molecule is [CH2][C@H]1CO[C@H](CCc2c(F)cncc2NC(=O)C[C@H](c2ccc(C#N)cc2)c2ccc(F)c(F)c2)CN1. The molecule has 3 aromatic rings. The molecule has 2 heterocycles. The first-order valence-electron chi connectivity index (χ1n) is 11.9. The minimum absolute atomic E-state index is 0.0161. The van der Waals surface area contributed by atoms with E-state index in [0.29, 0.717) is 48.2 Å². The lowest BCUT2D eigenvalue weighted by Crippen LogP contribution is -2.45. The van der Waals surface area contributed by atoms with Crippen molar-refractivity contribution in [1.82, 2.24) is 10.3 Å². The minimum Gasteiger partial charge on any atom is -0.375 e. The first-order chi connectivity index (χ1) is 17.8. The lowest BCUT2D eigenvalue weighted by atomic mass is 9.87. The minimum atomic E-state index is -1.03. The Balaban J connectivity index is 1.52. The highest BCUT2D eigenvalue weighted by molar-refractivity contribution is 5.92. The molecular formula is C28H26F3N4O2. The molecule has 1 aliphatic heterocycles. The fourth-order valence-electron chi connectivity index (χ4n) is 4.32. The summed E-state index contributed by atoms with van der Waals surface area (Å²) in [7, 11) is 0. The summed E-state index contributed by atoms with van der Waals surface area (Å²) in [5.74, 6) is -3.66. The van der Waals surface area contributed by atoms with Gasteiger partial charge in [-0.1, -0.05) is 18.2 Å². The average Bonchev–Trinajstić information content (AvgIpc) is 2.90. The van der Waals surface area contributed by atoms with Gasteiger partial charge in [-0.2, -0.15) is 5.26 Å². The average molecular weight is 508 g/mol. The van der Waals surface area contributed by atoms with Crippen LogP contribution in [0.15, 0.2) is 54.9 Å².